The number of anilines is 1. The van der Waals surface area contributed by atoms with Gasteiger partial charge < -0.3 is 5.32 Å². The van der Waals surface area contributed by atoms with E-state index in [1.807, 2.05) is 19.2 Å². The smallest absolute Gasteiger partial charge is 0.0382 e. The normalized spacial score (nSPS) is 9.56. The first-order valence-corrected chi connectivity index (χ1v) is 9.85. The van der Waals surface area contributed by atoms with E-state index in [2.05, 4.69) is 89.2 Å². The van der Waals surface area contributed by atoms with Crippen LogP contribution in [-0.4, -0.2) is 7.05 Å². The Labute approximate surface area is 167 Å². The van der Waals surface area contributed by atoms with E-state index < -0.39 is 0 Å². The van der Waals surface area contributed by atoms with Crippen LogP contribution in [0.4, 0.5) is 5.69 Å². The van der Waals surface area contributed by atoms with Crippen LogP contribution in [0.15, 0.2) is 48.6 Å². The average Bonchev–Trinajstić information content (AvgIpc) is 2.69. The van der Waals surface area contributed by atoms with Crippen molar-refractivity contribution in [2.24, 2.45) is 0 Å². The minimum Gasteiger partial charge on any atom is -0.388 e. The number of nitrogens with one attached hydrogen (secondary N) is 1. The quantitative estimate of drug-likeness (QED) is 0.445. The van der Waals surface area contributed by atoms with Gasteiger partial charge in [-0.15, -0.1) is 6.42 Å². The van der Waals surface area contributed by atoms with Gasteiger partial charge in [-0.05, 0) is 69.4 Å². The first kappa shape index (κ1) is 24.5. The zero-order valence-electron chi connectivity index (χ0n) is 18.3. The van der Waals surface area contributed by atoms with Crippen LogP contribution in [0, 0.1) is 33.1 Å². The molecule has 0 heterocycles. The van der Waals surface area contributed by atoms with Crippen molar-refractivity contribution in [2.45, 2.75) is 60.8 Å². The van der Waals surface area contributed by atoms with E-state index in [4.69, 9.17) is 6.42 Å². The predicted octanol–water partition coefficient (Wildman–Crippen LogP) is 7.25. The van der Waals surface area contributed by atoms with Gasteiger partial charge >= 0.3 is 0 Å². The first-order valence-electron chi connectivity index (χ1n) is 9.85. The molecule has 1 nitrogen and oxygen atoms in total. The lowest BCUT2D eigenvalue weighted by atomic mass is 10.1. The van der Waals surface area contributed by atoms with E-state index >= 15 is 0 Å². The molecule has 1 N–H and O–H groups in total. The lowest BCUT2D eigenvalue weighted by Gasteiger charge is -2.06. The Morgan fingerprint density at radius 1 is 1.00 bits per heavy atom. The highest BCUT2D eigenvalue weighted by Gasteiger charge is 1.98. The van der Waals surface area contributed by atoms with Crippen molar-refractivity contribution in [1.29, 1.82) is 0 Å². The number of hydrogen-bond acceptors (Lipinski definition) is 1. The van der Waals surface area contributed by atoms with E-state index in [0.717, 1.165) is 17.7 Å². The van der Waals surface area contributed by atoms with Gasteiger partial charge in [0.15, 0.2) is 0 Å². The second-order valence-electron chi connectivity index (χ2n) is 6.57. The van der Waals surface area contributed by atoms with Gasteiger partial charge in [-0.25, -0.2) is 0 Å². The van der Waals surface area contributed by atoms with Gasteiger partial charge in [-0.3, -0.25) is 0 Å². The minimum atomic E-state index is 0.927. The average molecular weight is 364 g/mol. The van der Waals surface area contributed by atoms with E-state index in [1.165, 1.54) is 35.1 Å². The largest absolute Gasteiger partial charge is 0.388 e. The second kappa shape index (κ2) is 14.7. The Morgan fingerprint density at radius 3 is 2.11 bits per heavy atom. The highest BCUT2D eigenvalue weighted by molar-refractivity contribution is 5.55. The number of unbranched alkanes of at least 4 members (excludes halogenated alkanes) is 1. The van der Waals surface area contributed by atoms with Crippen LogP contribution >= 0.6 is 0 Å². The first-order chi connectivity index (χ1) is 12.9. The summed E-state index contributed by atoms with van der Waals surface area (Å²) in [5.74, 6) is 2.61. The van der Waals surface area contributed by atoms with Gasteiger partial charge in [0.2, 0.25) is 0 Å². The van der Waals surface area contributed by atoms with Crippen molar-refractivity contribution in [2.75, 3.05) is 12.4 Å². The summed E-state index contributed by atoms with van der Waals surface area (Å²) in [6.07, 6.45) is 13.1. The molecule has 0 aromatic heterocycles. The van der Waals surface area contributed by atoms with Gasteiger partial charge in [-0.2, -0.15) is 0 Å². The maximum Gasteiger partial charge on any atom is 0.0382 e. The number of hydrogen-bond donors (Lipinski definition) is 1. The summed E-state index contributed by atoms with van der Waals surface area (Å²) in [7, 11) is 1.91. The molecule has 0 unspecified atom stereocenters. The fourth-order valence-electron chi connectivity index (χ4n) is 2.43. The molecule has 0 bridgehead atoms. The second-order valence-corrected chi connectivity index (χ2v) is 6.57. The molecule has 2 aromatic carbocycles. The SMILES string of the molecule is C#Cc1ccc(CC)c(NC)c1.C/C=C\CCC.Cc1ccc(C)c(C)c1. The lowest BCUT2D eigenvalue weighted by Crippen LogP contribution is -1.94. The number of benzene rings is 2. The van der Waals surface area contributed by atoms with Crippen LogP contribution in [0.2, 0.25) is 0 Å². The standard InChI is InChI=1S/C11H13N.C9H12.C6H12/c1-4-9-6-7-10(5-2)11(8-9)12-3;1-7-4-5-8(2)9(3)6-7;1-3-5-6-4-2/h1,6-8,12H,5H2,2-3H3;4-6H,1-3H3;3,5H,4,6H2,1-2H3/b;;5-3-. The van der Waals surface area contributed by atoms with E-state index in [-0.39, 0.29) is 0 Å². The highest BCUT2D eigenvalue weighted by Crippen LogP contribution is 2.17. The van der Waals surface area contributed by atoms with Crippen LogP contribution in [0.25, 0.3) is 0 Å². The zero-order chi connectivity index (χ0) is 20.7. The molecule has 2 aromatic rings. The van der Waals surface area contributed by atoms with Crippen molar-refractivity contribution >= 4 is 5.69 Å². The Kier molecular flexibility index (Phi) is 13.3. The third-order valence-electron chi connectivity index (χ3n) is 4.28. The summed E-state index contributed by atoms with van der Waals surface area (Å²) in [6, 6.07) is 12.5. The monoisotopic (exact) mass is 363 g/mol. The molecule has 0 aliphatic heterocycles. The van der Waals surface area contributed by atoms with Crippen molar-refractivity contribution in [3.8, 4) is 12.3 Å². The maximum absolute atomic E-state index is 5.29. The van der Waals surface area contributed by atoms with Gasteiger partial charge in [0, 0.05) is 18.3 Å². The molecule has 0 saturated carbocycles. The molecule has 0 atom stereocenters. The van der Waals surface area contributed by atoms with Crippen molar-refractivity contribution < 1.29 is 0 Å². The molecule has 27 heavy (non-hydrogen) atoms. The topological polar surface area (TPSA) is 12.0 Å². The molecule has 0 saturated heterocycles. The van der Waals surface area contributed by atoms with Crippen LogP contribution < -0.4 is 5.32 Å². The Hall–Kier alpha value is -2.46. The summed E-state index contributed by atoms with van der Waals surface area (Å²) in [6.45, 7) is 12.8. The summed E-state index contributed by atoms with van der Waals surface area (Å²) in [5, 5.41) is 3.13. The van der Waals surface area contributed by atoms with E-state index in [0.29, 0.717) is 0 Å². The summed E-state index contributed by atoms with van der Waals surface area (Å²) < 4.78 is 0. The lowest BCUT2D eigenvalue weighted by molar-refractivity contribution is 0.957. The summed E-state index contributed by atoms with van der Waals surface area (Å²) in [5.41, 5.74) is 7.47. The van der Waals surface area contributed by atoms with E-state index in [9.17, 15) is 0 Å². The molecular weight excluding hydrogens is 326 g/mol. The minimum absolute atomic E-state index is 0.927. The third-order valence-corrected chi connectivity index (χ3v) is 4.28. The zero-order valence-corrected chi connectivity index (χ0v) is 18.3. The van der Waals surface area contributed by atoms with Gasteiger partial charge in [0.05, 0.1) is 0 Å². The summed E-state index contributed by atoms with van der Waals surface area (Å²) in [4.78, 5) is 0. The van der Waals surface area contributed by atoms with Crippen molar-refractivity contribution in [3.63, 3.8) is 0 Å². The number of allylic oxidation sites excluding steroid dienone is 2. The molecule has 0 amide bonds. The highest BCUT2D eigenvalue weighted by atomic mass is 14.8. The van der Waals surface area contributed by atoms with Crippen LogP contribution in [-0.2, 0) is 6.42 Å². The Bertz CT molecular complexity index is 732. The van der Waals surface area contributed by atoms with E-state index in [1.54, 1.807) is 0 Å². The van der Waals surface area contributed by atoms with Crippen molar-refractivity contribution in [3.05, 3.63) is 76.4 Å². The molecule has 0 radical (unpaired) electrons. The van der Waals surface area contributed by atoms with Crippen LogP contribution in [0.3, 0.4) is 0 Å². The third kappa shape index (κ3) is 10.3. The maximum atomic E-state index is 5.29. The molecule has 0 aliphatic rings. The molecule has 0 fully saturated rings. The van der Waals surface area contributed by atoms with Crippen LogP contribution in [0.1, 0.15) is 61.4 Å². The van der Waals surface area contributed by atoms with Crippen LogP contribution in [0.5, 0.6) is 0 Å². The molecule has 146 valence electrons. The molecule has 1 heteroatoms. The van der Waals surface area contributed by atoms with Gasteiger partial charge in [0.25, 0.3) is 0 Å². The Balaban J connectivity index is 0.000000400. The Morgan fingerprint density at radius 2 is 1.70 bits per heavy atom. The van der Waals surface area contributed by atoms with Gasteiger partial charge in [0.1, 0.15) is 0 Å². The van der Waals surface area contributed by atoms with Gasteiger partial charge in [-0.1, -0.05) is 68.2 Å². The number of terminal acetylenes is 1. The fourth-order valence-corrected chi connectivity index (χ4v) is 2.43. The molecule has 2 rings (SSSR count). The van der Waals surface area contributed by atoms with Crippen molar-refractivity contribution in [1.82, 2.24) is 0 Å². The molecule has 0 aliphatic carbocycles. The summed E-state index contributed by atoms with van der Waals surface area (Å²) >= 11 is 0. The molecule has 0 spiro atoms. The number of rotatable bonds is 4. The molecular formula is C26H37N. The fraction of sp³-hybridized carbons (Fsp3) is 0.385. The number of aryl methyl sites for hydroxylation is 4. The predicted molar refractivity (Wildman–Crippen MR) is 124 cm³/mol.